The number of aliphatic hydroxyl groups excluding tert-OH is 1. The van der Waals surface area contributed by atoms with Crippen LogP contribution in [0.2, 0.25) is 0 Å². The van der Waals surface area contributed by atoms with Gasteiger partial charge in [0, 0.05) is 13.0 Å². The van der Waals surface area contributed by atoms with Crippen molar-refractivity contribution in [3.8, 4) is 0 Å². The normalized spacial score (nSPS) is 13.9. The molecule has 4 atom stereocenters. The summed E-state index contributed by atoms with van der Waals surface area (Å²) in [5.41, 5.74) is 16.1. The number of amides is 3. The van der Waals surface area contributed by atoms with Gasteiger partial charge in [-0.15, -0.1) is 0 Å². The third-order valence-corrected chi connectivity index (χ3v) is 4.39. The lowest BCUT2D eigenvalue weighted by Gasteiger charge is -2.23. The Balaban J connectivity index is 5.18. The molecule has 17 nitrogen and oxygen atoms in total. The summed E-state index contributed by atoms with van der Waals surface area (Å²) in [7, 11) is 0. The van der Waals surface area contributed by atoms with Crippen molar-refractivity contribution in [2.45, 2.75) is 56.3 Å². The standard InChI is InChI=1S/C18H31N7O10/c19-8(2-1-5-22-18(20)21)14(31)24-10(6-13(29)30)15(32)25-11(7-26)16(33)23-9(17(34)35)3-4-12(27)28/h8-11,26H,1-7,19H2,(H,23,33)(H,24,31)(H,25,32)(H,27,28)(H,29,30)(H,34,35)(H4,20,21,22). The van der Waals surface area contributed by atoms with Crippen LogP contribution in [-0.2, 0) is 28.8 Å². The predicted molar refractivity (Wildman–Crippen MR) is 118 cm³/mol. The molecule has 0 radical (unpaired) electrons. The third-order valence-electron chi connectivity index (χ3n) is 4.39. The van der Waals surface area contributed by atoms with Crippen LogP contribution in [0.1, 0.15) is 32.1 Å². The van der Waals surface area contributed by atoms with E-state index in [-0.39, 0.29) is 18.9 Å². The second-order valence-corrected chi connectivity index (χ2v) is 7.29. The SMILES string of the molecule is NC(N)=NCCCC(N)C(=O)NC(CC(=O)O)C(=O)NC(CO)C(=O)NC(CCC(=O)O)C(=O)O. The van der Waals surface area contributed by atoms with Gasteiger partial charge < -0.3 is 53.6 Å². The van der Waals surface area contributed by atoms with Crippen molar-refractivity contribution in [2.75, 3.05) is 13.2 Å². The minimum Gasteiger partial charge on any atom is -0.481 e. The molecule has 3 amide bonds. The molecule has 0 heterocycles. The van der Waals surface area contributed by atoms with Crippen LogP contribution in [0, 0.1) is 0 Å². The highest BCUT2D eigenvalue weighted by atomic mass is 16.4. The molecular formula is C18H31N7O10. The van der Waals surface area contributed by atoms with E-state index in [4.69, 9.17) is 32.5 Å². The van der Waals surface area contributed by atoms with Gasteiger partial charge in [-0.05, 0) is 19.3 Å². The molecule has 0 rings (SSSR count). The highest BCUT2D eigenvalue weighted by Gasteiger charge is 2.31. The van der Waals surface area contributed by atoms with Crippen molar-refractivity contribution in [1.82, 2.24) is 16.0 Å². The summed E-state index contributed by atoms with van der Waals surface area (Å²) in [6.07, 6.45) is -1.54. The Bertz CT molecular complexity index is 815. The van der Waals surface area contributed by atoms with Gasteiger partial charge in [0.15, 0.2) is 5.96 Å². The van der Waals surface area contributed by atoms with Gasteiger partial charge in [-0.2, -0.15) is 0 Å². The first-order valence-corrected chi connectivity index (χ1v) is 10.3. The topological polar surface area (TPSA) is 310 Å². The summed E-state index contributed by atoms with van der Waals surface area (Å²) >= 11 is 0. The van der Waals surface area contributed by atoms with E-state index in [0.717, 1.165) is 0 Å². The van der Waals surface area contributed by atoms with E-state index in [1.54, 1.807) is 0 Å². The van der Waals surface area contributed by atoms with Crippen LogP contribution in [-0.4, -0.2) is 99.3 Å². The van der Waals surface area contributed by atoms with Crippen LogP contribution in [0.25, 0.3) is 0 Å². The van der Waals surface area contributed by atoms with E-state index in [0.29, 0.717) is 6.42 Å². The Kier molecular flexibility index (Phi) is 14.0. The first-order valence-electron chi connectivity index (χ1n) is 10.3. The second-order valence-electron chi connectivity index (χ2n) is 7.29. The maximum Gasteiger partial charge on any atom is 0.326 e. The highest BCUT2D eigenvalue weighted by molar-refractivity contribution is 5.95. The van der Waals surface area contributed by atoms with Gasteiger partial charge in [-0.3, -0.25) is 29.0 Å². The number of nitrogens with zero attached hydrogens (tertiary/aromatic N) is 1. The average molecular weight is 505 g/mol. The molecule has 0 bridgehead atoms. The zero-order valence-electron chi connectivity index (χ0n) is 18.7. The zero-order valence-corrected chi connectivity index (χ0v) is 18.7. The molecule has 13 N–H and O–H groups in total. The fraction of sp³-hybridized carbons (Fsp3) is 0.611. The average Bonchev–Trinajstić information content (AvgIpc) is 2.75. The molecule has 17 heteroatoms. The maximum atomic E-state index is 12.5. The molecule has 0 spiro atoms. The van der Waals surface area contributed by atoms with Crippen molar-refractivity contribution in [3.05, 3.63) is 0 Å². The molecule has 0 aromatic heterocycles. The van der Waals surface area contributed by atoms with Crippen LogP contribution in [0.5, 0.6) is 0 Å². The van der Waals surface area contributed by atoms with E-state index in [1.165, 1.54) is 0 Å². The van der Waals surface area contributed by atoms with Crippen LogP contribution in [0.4, 0.5) is 0 Å². The number of carboxylic acids is 3. The third kappa shape index (κ3) is 13.3. The van der Waals surface area contributed by atoms with Gasteiger partial charge in [0.2, 0.25) is 17.7 Å². The summed E-state index contributed by atoms with van der Waals surface area (Å²) in [5.74, 6) is -7.69. The molecule has 35 heavy (non-hydrogen) atoms. The summed E-state index contributed by atoms with van der Waals surface area (Å²) in [6, 6.07) is -6.18. The van der Waals surface area contributed by atoms with Gasteiger partial charge in [0.1, 0.15) is 18.1 Å². The van der Waals surface area contributed by atoms with E-state index < -0.39 is 85.7 Å². The number of carbonyl (C=O) groups is 6. The Morgan fingerprint density at radius 2 is 1.31 bits per heavy atom. The van der Waals surface area contributed by atoms with Crippen molar-refractivity contribution in [2.24, 2.45) is 22.2 Å². The highest BCUT2D eigenvalue weighted by Crippen LogP contribution is 2.02. The molecule has 0 aliphatic heterocycles. The minimum absolute atomic E-state index is 0.0958. The van der Waals surface area contributed by atoms with Crippen molar-refractivity contribution >= 4 is 41.6 Å². The van der Waals surface area contributed by atoms with Gasteiger partial charge in [-0.1, -0.05) is 0 Å². The Hall–Kier alpha value is -3.99. The number of nitrogens with two attached hydrogens (primary N) is 3. The van der Waals surface area contributed by atoms with E-state index in [9.17, 15) is 33.9 Å². The van der Waals surface area contributed by atoms with Crippen LogP contribution in [0.15, 0.2) is 4.99 Å². The quantitative estimate of drug-likeness (QED) is 0.0504. The predicted octanol–water partition coefficient (Wildman–Crippen LogP) is -4.76. The summed E-state index contributed by atoms with van der Waals surface area (Å²) < 4.78 is 0. The van der Waals surface area contributed by atoms with Gasteiger partial charge in [0.25, 0.3) is 0 Å². The number of rotatable bonds is 17. The van der Waals surface area contributed by atoms with E-state index in [1.807, 2.05) is 10.6 Å². The molecule has 198 valence electrons. The molecule has 0 aromatic rings. The van der Waals surface area contributed by atoms with E-state index in [2.05, 4.69) is 10.3 Å². The van der Waals surface area contributed by atoms with Crippen LogP contribution < -0.4 is 33.2 Å². The number of hydrogen-bond donors (Lipinski definition) is 10. The van der Waals surface area contributed by atoms with Gasteiger partial charge >= 0.3 is 17.9 Å². The molecule has 0 saturated carbocycles. The Labute approximate surface area is 199 Å². The number of aliphatic imine (C=N–C) groups is 1. The molecule has 0 saturated heterocycles. The van der Waals surface area contributed by atoms with Crippen LogP contribution in [0.3, 0.4) is 0 Å². The lowest BCUT2D eigenvalue weighted by atomic mass is 10.1. The number of nitrogens with one attached hydrogen (secondary N) is 3. The van der Waals surface area contributed by atoms with Gasteiger partial charge in [-0.25, -0.2) is 4.79 Å². The zero-order chi connectivity index (χ0) is 27.1. The number of guanidine groups is 1. The fourth-order valence-corrected chi connectivity index (χ4v) is 2.58. The number of carboxylic acid groups (broad SMARTS) is 3. The van der Waals surface area contributed by atoms with Gasteiger partial charge in [0.05, 0.1) is 19.1 Å². The number of aliphatic carboxylic acids is 3. The Morgan fingerprint density at radius 1 is 0.771 bits per heavy atom. The Morgan fingerprint density at radius 3 is 1.80 bits per heavy atom. The summed E-state index contributed by atoms with van der Waals surface area (Å²) in [4.78, 5) is 73.8. The smallest absolute Gasteiger partial charge is 0.326 e. The number of carbonyl (C=O) groups excluding carboxylic acids is 3. The molecule has 0 fully saturated rings. The molecule has 4 unspecified atom stereocenters. The lowest BCUT2D eigenvalue weighted by molar-refractivity contribution is -0.144. The monoisotopic (exact) mass is 505 g/mol. The summed E-state index contributed by atoms with van der Waals surface area (Å²) in [6.45, 7) is -0.833. The fourth-order valence-electron chi connectivity index (χ4n) is 2.58. The number of hydrogen-bond acceptors (Lipinski definition) is 9. The first-order chi connectivity index (χ1) is 16.3. The van der Waals surface area contributed by atoms with Crippen molar-refractivity contribution in [1.29, 1.82) is 0 Å². The molecule has 0 aliphatic rings. The lowest BCUT2D eigenvalue weighted by Crippen LogP contribution is -2.58. The second kappa shape index (κ2) is 15.8. The maximum absolute atomic E-state index is 12.5. The molecule has 0 aliphatic carbocycles. The minimum atomic E-state index is -1.73. The summed E-state index contributed by atoms with van der Waals surface area (Å²) in [5, 5.41) is 42.4. The van der Waals surface area contributed by atoms with Crippen LogP contribution >= 0.6 is 0 Å². The molecule has 0 aromatic carbocycles. The van der Waals surface area contributed by atoms with E-state index >= 15 is 0 Å². The van der Waals surface area contributed by atoms with Crippen molar-refractivity contribution < 1.29 is 49.2 Å². The molecular weight excluding hydrogens is 474 g/mol. The number of aliphatic hydroxyl groups is 1. The van der Waals surface area contributed by atoms with Crippen molar-refractivity contribution in [3.63, 3.8) is 0 Å². The first kappa shape index (κ1) is 31.0. The largest absolute Gasteiger partial charge is 0.481 e.